The summed E-state index contributed by atoms with van der Waals surface area (Å²) in [4.78, 5) is 0. The molecular formula is C16H16BrF2N. The third-order valence-electron chi connectivity index (χ3n) is 3.17. The second kappa shape index (κ2) is 6.46. The second-order valence-electron chi connectivity index (χ2n) is 4.69. The maximum Gasteiger partial charge on any atom is 0.124 e. The highest BCUT2D eigenvalue weighted by Crippen LogP contribution is 2.28. The summed E-state index contributed by atoms with van der Waals surface area (Å²) in [5.74, 6) is -0.557. The van der Waals surface area contributed by atoms with Crippen molar-refractivity contribution in [3.63, 3.8) is 0 Å². The minimum atomic E-state index is -0.294. The van der Waals surface area contributed by atoms with Gasteiger partial charge < -0.3 is 5.32 Å². The lowest BCUT2D eigenvalue weighted by atomic mass is 9.95. The van der Waals surface area contributed by atoms with E-state index in [-0.39, 0.29) is 17.7 Å². The molecule has 0 radical (unpaired) electrons. The van der Waals surface area contributed by atoms with Gasteiger partial charge in [-0.2, -0.15) is 0 Å². The predicted molar refractivity (Wildman–Crippen MR) is 80.8 cm³/mol. The van der Waals surface area contributed by atoms with E-state index in [2.05, 4.69) is 21.2 Å². The van der Waals surface area contributed by atoms with E-state index < -0.39 is 0 Å². The van der Waals surface area contributed by atoms with Gasteiger partial charge in [-0.1, -0.05) is 28.9 Å². The van der Waals surface area contributed by atoms with Crippen LogP contribution in [0.15, 0.2) is 40.9 Å². The van der Waals surface area contributed by atoms with Crippen molar-refractivity contribution >= 4 is 15.9 Å². The molecular weight excluding hydrogens is 324 g/mol. The van der Waals surface area contributed by atoms with E-state index in [0.29, 0.717) is 4.47 Å². The highest BCUT2D eigenvalue weighted by Gasteiger charge is 2.16. The van der Waals surface area contributed by atoms with Gasteiger partial charge in [-0.25, -0.2) is 8.78 Å². The van der Waals surface area contributed by atoms with Gasteiger partial charge in [0.1, 0.15) is 11.6 Å². The Hall–Kier alpha value is -1.26. The molecule has 1 nitrogen and oxygen atoms in total. The fourth-order valence-corrected chi connectivity index (χ4v) is 2.80. The number of halogens is 3. The smallest absolute Gasteiger partial charge is 0.124 e. The average molecular weight is 340 g/mol. The third-order valence-corrected chi connectivity index (χ3v) is 3.63. The molecule has 1 atom stereocenters. The average Bonchev–Trinajstić information content (AvgIpc) is 2.35. The van der Waals surface area contributed by atoms with Gasteiger partial charge in [0.2, 0.25) is 0 Å². The SMILES string of the molecule is CCNC(c1cc(F)cc(Br)c1)c1ccc(F)cc1C. The van der Waals surface area contributed by atoms with E-state index in [4.69, 9.17) is 0 Å². The van der Waals surface area contributed by atoms with Gasteiger partial charge in [0, 0.05) is 4.47 Å². The zero-order valence-corrected chi connectivity index (χ0v) is 13.0. The molecule has 2 rings (SSSR count). The number of nitrogens with one attached hydrogen (secondary N) is 1. The Morgan fingerprint density at radius 1 is 1.10 bits per heavy atom. The van der Waals surface area contributed by atoms with Gasteiger partial charge in [0.15, 0.2) is 0 Å². The van der Waals surface area contributed by atoms with Crippen molar-refractivity contribution in [2.24, 2.45) is 0 Å². The van der Waals surface area contributed by atoms with Crippen LogP contribution in [0.2, 0.25) is 0 Å². The number of aryl methyl sites for hydroxylation is 1. The fourth-order valence-electron chi connectivity index (χ4n) is 2.32. The number of rotatable bonds is 4. The van der Waals surface area contributed by atoms with Crippen LogP contribution in [0, 0.1) is 18.6 Å². The van der Waals surface area contributed by atoms with Crippen molar-refractivity contribution in [2.45, 2.75) is 19.9 Å². The molecule has 0 amide bonds. The van der Waals surface area contributed by atoms with Crippen molar-refractivity contribution in [3.05, 3.63) is 69.2 Å². The summed E-state index contributed by atoms with van der Waals surface area (Å²) in [5.41, 5.74) is 2.61. The summed E-state index contributed by atoms with van der Waals surface area (Å²) in [6.07, 6.45) is 0. The van der Waals surface area contributed by atoms with E-state index in [9.17, 15) is 8.78 Å². The molecule has 0 spiro atoms. The molecule has 2 aromatic carbocycles. The Labute approximate surface area is 126 Å². The first-order valence-electron chi connectivity index (χ1n) is 6.46. The van der Waals surface area contributed by atoms with Gasteiger partial charge in [-0.3, -0.25) is 0 Å². The molecule has 4 heteroatoms. The standard InChI is InChI=1S/C16H16BrF2N/c1-3-20-16(11-7-12(17)9-14(19)8-11)15-5-4-13(18)6-10(15)2/h4-9,16,20H,3H2,1-2H3. The molecule has 0 saturated heterocycles. The Morgan fingerprint density at radius 2 is 1.85 bits per heavy atom. The lowest BCUT2D eigenvalue weighted by Gasteiger charge is -2.21. The number of hydrogen-bond acceptors (Lipinski definition) is 1. The zero-order chi connectivity index (χ0) is 14.7. The molecule has 1 unspecified atom stereocenters. The molecule has 0 aliphatic carbocycles. The van der Waals surface area contributed by atoms with Crippen LogP contribution in [0.3, 0.4) is 0 Å². The maximum absolute atomic E-state index is 13.6. The molecule has 0 fully saturated rings. The van der Waals surface area contributed by atoms with Crippen molar-refractivity contribution in [2.75, 3.05) is 6.54 Å². The van der Waals surface area contributed by atoms with Crippen molar-refractivity contribution in [3.8, 4) is 0 Å². The summed E-state index contributed by atoms with van der Waals surface area (Å²) in [7, 11) is 0. The van der Waals surface area contributed by atoms with Gasteiger partial charge in [0.25, 0.3) is 0 Å². The topological polar surface area (TPSA) is 12.0 Å². The highest BCUT2D eigenvalue weighted by molar-refractivity contribution is 9.10. The minimum absolute atomic E-state index is 0.160. The lowest BCUT2D eigenvalue weighted by molar-refractivity contribution is 0.595. The normalized spacial score (nSPS) is 12.4. The molecule has 2 aromatic rings. The molecule has 0 bridgehead atoms. The summed E-state index contributed by atoms with van der Waals surface area (Å²) in [6.45, 7) is 4.58. The lowest BCUT2D eigenvalue weighted by Crippen LogP contribution is -2.23. The molecule has 0 aromatic heterocycles. The van der Waals surface area contributed by atoms with E-state index in [0.717, 1.165) is 23.2 Å². The van der Waals surface area contributed by atoms with Gasteiger partial charge in [-0.05, 0) is 60.5 Å². The molecule has 0 heterocycles. The largest absolute Gasteiger partial charge is 0.307 e. The minimum Gasteiger partial charge on any atom is -0.307 e. The Kier molecular flexibility index (Phi) is 4.89. The summed E-state index contributed by atoms with van der Waals surface area (Å²) in [6, 6.07) is 9.31. The first-order chi connectivity index (χ1) is 9.51. The predicted octanol–water partition coefficient (Wildman–Crippen LogP) is 4.73. The van der Waals surface area contributed by atoms with Crippen LogP contribution < -0.4 is 5.32 Å². The van der Waals surface area contributed by atoms with E-state index in [1.807, 2.05) is 19.9 Å². The quantitative estimate of drug-likeness (QED) is 0.848. The Balaban J connectivity index is 2.49. The van der Waals surface area contributed by atoms with Gasteiger partial charge >= 0.3 is 0 Å². The van der Waals surface area contributed by atoms with Crippen LogP contribution in [0.5, 0.6) is 0 Å². The van der Waals surface area contributed by atoms with Crippen LogP contribution in [-0.4, -0.2) is 6.54 Å². The van der Waals surface area contributed by atoms with Crippen molar-refractivity contribution < 1.29 is 8.78 Å². The Morgan fingerprint density at radius 3 is 2.45 bits per heavy atom. The first kappa shape index (κ1) is 15.1. The molecule has 20 heavy (non-hydrogen) atoms. The monoisotopic (exact) mass is 339 g/mol. The highest BCUT2D eigenvalue weighted by atomic mass is 79.9. The molecule has 0 aliphatic rings. The van der Waals surface area contributed by atoms with E-state index >= 15 is 0 Å². The van der Waals surface area contributed by atoms with Crippen molar-refractivity contribution in [1.29, 1.82) is 0 Å². The third kappa shape index (κ3) is 3.44. The maximum atomic E-state index is 13.6. The molecule has 1 N–H and O–H groups in total. The summed E-state index contributed by atoms with van der Waals surface area (Å²) >= 11 is 3.31. The van der Waals surface area contributed by atoms with Crippen molar-refractivity contribution in [1.82, 2.24) is 5.32 Å². The van der Waals surface area contributed by atoms with Crippen LogP contribution in [0.4, 0.5) is 8.78 Å². The molecule has 106 valence electrons. The fraction of sp³-hybridized carbons (Fsp3) is 0.250. The van der Waals surface area contributed by atoms with Gasteiger partial charge in [-0.15, -0.1) is 0 Å². The van der Waals surface area contributed by atoms with Gasteiger partial charge in [0.05, 0.1) is 6.04 Å². The van der Waals surface area contributed by atoms with Crippen LogP contribution in [0.1, 0.15) is 29.7 Å². The summed E-state index contributed by atoms with van der Waals surface area (Å²) < 4.78 is 27.5. The van der Waals surface area contributed by atoms with E-state index in [1.54, 1.807) is 6.07 Å². The zero-order valence-electron chi connectivity index (χ0n) is 11.4. The van der Waals surface area contributed by atoms with Crippen LogP contribution >= 0.6 is 15.9 Å². The van der Waals surface area contributed by atoms with E-state index in [1.165, 1.54) is 24.3 Å². The second-order valence-corrected chi connectivity index (χ2v) is 5.61. The van der Waals surface area contributed by atoms with Crippen LogP contribution in [-0.2, 0) is 0 Å². The first-order valence-corrected chi connectivity index (χ1v) is 7.26. The molecule has 0 aliphatic heterocycles. The summed E-state index contributed by atoms with van der Waals surface area (Å²) in [5, 5.41) is 3.32. The number of hydrogen-bond donors (Lipinski definition) is 1. The number of benzene rings is 2. The Bertz CT molecular complexity index is 593. The van der Waals surface area contributed by atoms with Crippen LogP contribution in [0.25, 0.3) is 0 Å². The molecule has 0 saturated carbocycles.